The Bertz CT molecular complexity index is 3400. The van der Waals surface area contributed by atoms with Crippen LogP contribution in [0.5, 0.6) is 0 Å². The fraction of sp³-hybridized carbons (Fsp3) is 0.0545. The summed E-state index contributed by atoms with van der Waals surface area (Å²) in [5.74, 6) is -0.251. The van der Waals surface area contributed by atoms with Crippen LogP contribution in [0.3, 0.4) is 0 Å². The Balaban J connectivity index is 1.01. The van der Waals surface area contributed by atoms with E-state index in [9.17, 15) is 4.39 Å². The van der Waals surface area contributed by atoms with Crippen LogP contribution in [0.2, 0.25) is 0 Å². The molecule has 0 saturated heterocycles. The van der Waals surface area contributed by atoms with Crippen LogP contribution in [0.4, 0.5) is 21.5 Å². The highest BCUT2D eigenvalue weighted by molar-refractivity contribution is 6.33. The van der Waals surface area contributed by atoms with E-state index in [1.807, 2.05) is 12.1 Å². The molecule has 0 N–H and O–H groups in total. The molecule has 0 saturated carbocycles. The van der Waals surface area contributed by atoms with Crippen LogP contribution in [0, 0.1) is 5.82 Å². The molecule has 11 aromatic rings. The number of rotatable bonds is 5. The summed E-state index contributed by atoms with van der Waals surface area (Å²) in [4.78, 5) is 2.23. The number of aromatic nitrogens is 1. The fourth-order valence-corrected chi connectivity index (χ4v) is 10.0. The van der Waals surface area contributed by atoms with Crippen molar-refractivity contribution in [1.29, 1.82) is 0 Å². The zero-order chi connectivity index (χ0) is 38.7. The Morgan fingerprint density at radius 2 is 1.07 bits per heavy atom. The smallest absolute Gasteiger partial charge is 0.123 e. The van der Waals surface area contributed by atoms with Gasteiger partial charge in [-0.15, -0.1) is 0 Å². The molecule has 0 bridgehead atoms. The van der Waals surface area contributed by atoms with Gasteiger partial charge in [0, 0.05) is 38.9 Å². The van der Waals surface area contributed by atoms with E-state index in [1.165, 1.54) is 76.4 Å². The number of hydrogen-bond acceptors (Lipinski definition) is 1. The zero-order valence-electron chi connectivity index (χ0n) is 32.2. The van der Waals surface area contributed by atoms with Crippen LogP contribution in [-0.2, 0) is 5.41 Å². The summed E-state index contributed by atoms with van der Waals surface area (Å²) in [7, 11) is 0. The maximum atomic E-state index is 14.3. The average Bonchev–Trinajstić information content (AvgIpc) is 3.71. The Morgan fingerprint density at radius 1 is 0.431 bits per heavy atom. The molecule has 0 fully saturated rings. The van der Waals surface area contributed by atoms with E-state index in [2.05, 4.69) is 187 Å². The quantitative estimate of drug-likeness (QED) is 0.159. The SMILES string of the molecule is CC1(C)c2ccccc2-c2ccc(N(c3ccc(F)cc3)c3ccc(-c4ccc5c6c7ccc8cccc9ccc(cc6n(-c6ccccc6)c5c4)c7c98)cc3)cc21. The summed E-state index contributed by atoms with van der Waals surface area (Å²) in [6, 6.07) is 66.9. The minimum Gasteiger partial charge on any atom is -0.310 e. The molecule has 3 heteroatoms. The van der Waals surface area contributed by atoms with Crippen molar-refractivity contribution in [3.8, 4) is 27.9 Å². The normalized spacial score (nSPS) is 13.2. The molecule has 58 heavy (non-hydrogen) atoms. The molecular formula is C55H37FN2. The number of para-hydroxylation sites is 1. The molecule has 0 amide bonds. The predicted molar refractivity (Wildman–Crippen MR) is 242 cm³/mol. The van der Waals surface area contributed by atoms with Gasteiger partial charge >= 0.3 is 0 Å². The van der Waals surface area contributed by atoms with Gasteiger partial charge in [0.25, 0.3) is 0 Å². The third-order valence-electron chi connectivity index (χ3n) is 12.8. The molecule has 1 aliphatic carbocycles. The summed E-state index contributed by atoms with van der Waals surface area (Å²) < 4.78 is 16.7. The van der Waals surface area contributed by atoms with E-state index >= 15 is 0 Å². The highest BCUT2D eigenvalue weighted by atomic mass is 19.1. The lowest BCUT2D eigenvalue weighted by atomic mass is 9.82. The number of hydrogen-bond donors (Lipinski definition) is 0. The molecule has 0 radical (unpaired) electrons. The molecule has 12 rings (SSSR count). The van der Waals surface area contributed by atoms with Crippen LogP contribution in [0.1, 0.15) is 25.0 Å². The third-order valence-corrected chi connectivity index (χ3v) is 12.8. The number of fused-ring (bicyclic) bond motifs is 7. The van der Waals surface area contributed by atoms with Crippen molar-refractivity contribution in [1.82, 2.24) is 4.57 Å². The Hall–Kier alpha value is -7.23. The molecule has 2 nitrogen and oxygen atoms in total. The van der Waals surface area contributed by atoms with Gasteiger partial charge in [0.1, 0.15) is 5.82 Å². The second-order valence-electron chi connectivity index (χ2n) is 16.3. The molecule has 0 aliphatic heterocycles. The van der Waals surface area contributed by atoms with Crippen LogP contribution in [-0.4, -0.2) is 4.57 Å². The van der Waals surface area contributed by atoms with Crippen molar-refractivity contribution < 1.29 is 4.39 Å². The molecule has 0 atom stereocenters. The van der Waals surface area contributed by atoms with Crippen molar-refractivity contribution in [2.24, 2.45) is 0 Å². The minimum atomic E-state index is -0.251. The number of nitrogens with zero attached hydrogens (tertiary/aromatic N) is 2. The minimum absolute atomic E-state index is 0.140. The third kappa shape index (κ3) is 4.71. The van der Waals surface area contributed by atoms with E-state index < -0.39 is 0 Å². The monoisotopic (exact) mass is 744 g/mol. The first-order chi connectivity index (χ1) is 28.4. The maximum Gasteiger partial charge on any atom is 0.123 e. The lowest BCUT2D eigenvalue weighted by Crippen LogP contribution is -2.16. The maximum absolute atomic E-state index is 14.3. The molecule has 1 aliphatic rings. The van der Waals surface area contributed by atoms with Gasteiger partial charge in [-0.25, -0.2) is 4.39 Å². The van der Waals surface area contributed by atoms with Crippen molar-refractivity contribution in [2.45, 2.75) is 19.3 Å². The molecule has 10 aromatic carbocycles. The Kier molecular flexibility index (Phi) is 6.90. The van der Waals surface area contributed by atoms with Crippen LogP contribution in [0.15, 0.2) is 188 Å². The summed E-state index contributed by atoms with van der Waals surface area (Å²) in [6.07, 6.45) is 0. The second-order valence-corrected chi connectivity index (χ2v) is 16.3. The molecule has 1 heterocycles. The van der Waals surface area contributed by atoms with E-state index in [0.29, 0.717) is 0 Å². The summed E-state index contributed by atoms with van der Waals surface area (Å²) in [6.45, 7) is 4.61. The highest BCUT2D eigenvalue weighted by Gasteiger charge is 2.35. The number of halogens is 1. The molecule has 0 spiro atoms. The van der Waals surface area contributed by atoms with Crippen LogP contribution < -0.4 is 4.90 Å². The van der Waals surface area contributed by atoms with Crippen molar-refractivity contribution in [3.63, 3.8) is 0 Å². The average molecular weight is 745 g/mol. The lowest BCUT2D eigenvalue weighted by Gasteiger charge is -2.28. The van der Waals surface area contributed by atoms with Gasteiger partial charge in [0.15, 0.2) is 0 Å². The summed E-state index contributed by atoms with van der Waals surface area (Å²) >= 11 is 0. The Labute approximate surface area is 336 Å². The zero-order valence-corrected chi connectivity index (χ0v) is 32.2. The van der Waals surface area contributed by atoms with Gasteiger partial charge in [-0.1, -0.05) is 129 Å². The van der Waals surface area contributed by atoms with Gasteiger partial charge in [-0.05, 0) is 138 Å². The summed E-state index contributed by atoms with van der Waals surface area (Å²) in [5, 5.41) is 10.3. The van der Waals surface area contributed by atoms with Crippen molar-refractivity contribution in [3.05, 3.63) is 205 Å². The van der Waals surface area contributed by atoms with Gasteiger partial charge in [0.2, 0.25) is 0 Å². The summed E-state index contributed by atoms with van der Waals surface area (Å²) in [5.41, 5.74) is 13.8. The predicted octanol–water partition coefficient (Wildman–Crippen LogP) is 15.3. The van der Waals surface area contributed by atoms with Gasteiger partial charge in [-0.3, -0.25) is 0 Å². The molecular weight excluding hydrogens is 708 g/mol. The van der Waals surface area contributed by atoms with E-state index in [4.69, 9.17) is 0 Å². The largest absolute Gasteiger partial charge is 0.310 e. The topological polar surface area (TPSA) is 8.17 Å². The number of anilines is 3. The van der Waals surface area contributed by atoms with Gasteiger partial charge in [0.05, 0.1) is 11.0 Å². The first kappa shape index (κ1) is 33.0. The Morgan fingerprint density at radius 3 is 1.86 bits per heavy atom. The van der Waals surface area contributed by atoms with E-state index in [1.54, 1.807) is 12.1 Å². The standard InChI is InChI=1S/C55H37FN2/c1-55(2)48-14-7-6-13-44(48)45-30-27-43(33-49(45)55)57(42-25-21-39(56)22-26-42)41-23-17-34(18-24-41)37-20-28-46-50(31-37)58(40-11-4-3-5-12-40)51-32-38-16-15-35-9-8-10-36-19-29-47(54(46)51)53(38)52(35)36/h3-33H,1-2H3. The lowest BCUT2D eigenvalue weighted by molar-refractivity contribution is 0.628. The fourth-order valence-electron chi connectivity index (χ4n) is 10.0. The van der Waals surface area contributed by atoms with Gasteiger partial charge < -0.3 is 9.47 Å². The van der Waals surface area contributed by atoms with Crippen LogP contribution in [0.25, 0.3) is 82.1 Å². The van der Waals surface area contributed by atoms with Crippen molar-refractivity contribution >= 4 is 71.2 Å². The molecule has 0 unspecified atom stereocenters. The number of benzene rings is 10. The van der Waals surface area contributed by atoms with Gasteiger partial charge in [-0.2, -0.15) is 0 Å². The van der Waals surface area contributed by atoms with E-state index in [-0.39, 0.29) is 11.2 Å². The first-order valence-electron chi connectivity index (χ1n) is 20.0. The van der Waals surface area contributed by atoms with Crippen molar-refractivity contribution in [2.75, 3.05) is 4.90 Å². The first-order valence-corrected chi connectivity index (χ1v) is 20.0. The molecule has 1 aromatic heterocycles. The molecule has 274 valence electrons. The second kappa shape index (κ2) is 12.1. The van der Waals surface area contributed by atoms with Crippen LogP contribution >= 0.6 is 0 Å². The van der Waals surface area contributed by atoms with E-state index in [0.717, 1.165) is 33.9 Å². The highest BCUT2D eigenvalue weighted by Crippen LogP contribution is 2.51.